The Balaban J connectivity index is 1.52. The fourth-order valence-electron chi connectivity index (χ4n) is 2.28. The van der Waals surface area contributed by atoms with E-state index in [9.17, 15) is 4.79 Å². The highest BCUT2D eigenvalue weighted by atomic mass is 32.2. The first kappa shape index (κ1) is 13.0. The molecule has 0 spiro atoms. The second-order valence-electron chi connectivity index (χ2n) is 5.17. The standard InChI is InChI=1S/C13H20N4OS/c18-12-9-11(15-13(16-12)10-1-2-10)14-3-4-17-5-7-19-8-6-17/h9-10H,1-8H2,(H2,14,15,16,18). The minimum atomic E-state index is -0.0474. The van der Waals surface area contributed by atoms with E-state index in [2.05, 4.69) is 20.2 Å². The molecule has 2 heterocycles. The first-order valence-corrected chi connectivity index (χ1v) is 8.12. The van der Waals surface area contributed by atoms with E-state index in [1.54, 1.807) is 6.07 Å². The molecule has 6 heteroatoms. The fourth-order valence-corrected chi connectivity index (χ4v) is 3.26. The number of rotatable bonds is 5. The van der Waals surface area contributed by atoms with E-state index in [-0.39, 0.29) is 5.56 Å². The zero-order chi connectivity index (χ0) is 13.1. The molecular weight excluding hydrogens is 260 g/mol. The van der Waals surface area contributed by atoms with Crippen molar-refractivity contribution in [2.45, 2.75) is 18.8 Å². The summed E-state index contributed by atoms with van der Waals surface area (Å²) >= 11 is 2.02. The molecule has 19 heavy (non-hydrogen) atoms. The van der Waals surface area contributed by atoms with Crippen molar-refractivity contribution < 1.29 is 0 Å². The molecule has 2 N–H and O–H groups in total. The first-order chi connectivity index (χ1) is 9.31. The van der Waals surface area contributed by atoms with E-state index in [1.165, 1.54) is 24.6 Å². The van der Waals surface area contributed by atoms with Crippen molar-refractivity contribution in [2.24, 2.45) is 0 Å². The lowest BCUT2D eigenvalue weighted by Gasteiger charge is -2.26. The summed E-state index contributed by atoms with van der Waals surface area (Å²) < 4.78 is 0. The average Bonchev–Trinajstić information content (AvgIpc) is 3.24. The van der Waals surface area contributed by atoms with E-state index >= 15 is 0 Å². The zero-order valence-electron chi connectivity index (χ0n) is 11.0. The lowest BCUT2D eigenvalue weighted by molar-refractivity contribution is 0.314. The summed E-state index contributed by atoms with van der Waals surface area (Å²) in [5, 5.41) is 3.28. The Morgan fingerprint density at radius 2 is 2.21 bits per heavy atom. The van der Waals surface area contributed by atoms with Gasteiger partial charge in [-0.05, 0) is 12.8 Å². The van der Waals surface area contributed by atoms with Crippen LogP contribution in [-0.2, 0) is 0 Å². The molecule has 3 rings (SSSR count). The summed E-state index contributed by atoms with van der Waals surface area (Å²) in [6.07, 6.45) is 2.30. The van der Waals surface area contributed by atoms with Crippen molar-refractivity contribution in [3.8, 4) is 0 Å². The monoisotopic (exact) mass is 280 g/mol. The molecular formula is C13H20N4OS. The fraction of sp³-hybridized carbons (Fsp3) is 0.692. The smallest absolute Gasteiger partial charge is 0.252 e. The van der Waals surface area contributed by atoms with Crippen molar-refractivity contribution in [2.75, 3.05) is 43.0 Å². The summed E-state index contributed by atoms with van der Waals surface area (Å²) in [7, 11) is 0. The highest BCUT2D eigenvalue weighted by Crippen LogP contribution is 2.37. The third-order valence-electron chi connectivity index (χ3n) is 3.56. The highest BCUT2D eigenvalue weighted by molar-refractivity contribution is 7.99. The number of hydrogen-bond acceptors (Lipinski definition) is 5. The van der Waals surface area contributed by atoms with Crippen LogP contribution >= 0.6 is 11.8 Å². The number of aromatic amines is 1. The van der Waals surface area contributed by atoms with Crippen LogP contribution in [0, 0.1) is 0 Å². The molecule has 1 aliphatic heterocycles. The van der Waals surface area contributed by atoms with Gasteiger partial charge in [-0.1, -0.05) is 0 Å². The Morgan fingerprint density at radius 3 is 2.95 bits per heavy atom. The molecule has 1 aromatic rings. The van der Waals surface area contributed by atoms with Crippen molar-refractivity contribution in [3.05, 3.63) is 22.2 Å². The molecule has 0 amide bonds. The van der Waals surface area contributed by atoms with Crippen LogP contribution in [0.25, 0.3) is 0 Å². The summed E-state index contributed by atoms with van der Waals surface area (Å²) in [5.74, 6) is 4.51. The van der Waals surface area contributed by atoms with Gasteiger partial charge in [0, 0.05) is 49.7 Å². The minimum Gasteiger partial charge on any atom is -0.369 e. The average molecular weight is 280 g/mol. The van der Waals surface area contributed by atoms with Crippen LogP contribution in [-0.4, -0.2) is 52.6 Å². The quantitative estimate of drug-likeness (QED) is 0.846. The van der Waals surface area contributed by atoms with Gasteiger partial charge in [-0.2, -0.15) is 11.8 Å². The van der Waals surface area contributed by atoms with Crippen molar-refractivity contribution >= 4 is 17.6 Å². The van der Waals surface area contributed by atoms with E-state index in [0.717, 1.165) is 37.6 Å². The lowest BCUT2D eigenvalue weighted by atomic mass is 10.4. The Hall–Kier alpha value is -1.01. The normalized spacial score (nSPS) is 20.4. The molecule has 5 nitrogen and oxygen atoms in total. The number of nitrogens with one attached hydrogen (secondary N) is 2. The van der Waals surface area contributed by atoms with E-state index in [1.807, 2.05) is 11.8 Å². The van der Waals surface area contributed by atoms with Gasteiger partial charge >= 0.3 is 0 Å². The highest BCUT2D eigenvalue weighted by Gasteiger charge is 2.26. The second kappa shape index (κ2) is 5.96. The van der Waals surface area contributed by atoms with E-state index in [0.29, 0.717) is 5.92 Å². The predicted octanol–water partition coefficient (Wildman–Crippen LogP) is 1.11. The summed E-state index contributed by atoms with van der Waals surface area (Å²) in [5.41, 5.74) is -0.0474. The Bertz CT molecular complexity index is 480. The lowest BCUT2D eigenvalue weighted by Crippen LogP contribution is -2.36. The van der Waals surface area contributed by atoms with Gasteiger partial charge in [-0.3, -0.25) is 9.69 Å². The van der Waals surface area contributed by atoms with Crippen molar-refractivity contribution in [1.82, 2.24) is 14.9 Å². The molecule has 0 atom stereocenters. The van der Waals surface area contributed by atoms with Crippen LogP contribution in [0.3, 0.4) is 0 Å². The molecule has 0 unspecified atom stereocenters. The molecule has 0 aromatic carbocycles. The molecule has 2 aliphatic rings. The van der Waals surface area contributed by atoms with Crippen molar-refractivity contribution in [3.63, 3.8) is 0 Å². The molecule has 0 bridgehead atoms. The van der Waals surface area contributed by atoms with Crippen LogP contribution in [0.1, 0.15) is 24.6 Å². The van der Waals surface area contributed by atoms with Gasteiger partial charge < -0.3 is 10.3 Å². The molecule has 1 saturated heterocycles. The maximum Gasteiger partial charge on any atom is 0.252 e. The molecule has 1 aliphatic carbocycles. The van der Waals surface area contributed by atoms with Crippen LogP contribution in [0.4, 0.5) is 5.82 Å². The van der Waals surface area contributed by atoms with Gasteiger partial charge in [-0.25, -0.2) is 4.98 Å². The third-order valence-corrected chi connectivity index (χ3v) is 4.50. The first-order valence-electron chi connectivity index (χ1n) is 6.96. The molecule has 1 aromatic heterocycles. The van der Waals surface area contributed by atoms with Crippen LogP contribution in [0.2, 0.25) is 0 Å². The van der Waals surface area contributed by atoms with Gasteiger partial charge in [0.1, 0.15) is 11.6 Å². The molecule has 0 radical (unpaired) electrons. The van der Waals surface area contributed by atoms with Gasteiger partial charge in [0.15, 0.2) is 0 Å². The number of hydrogen-bond donors (Lipinski definition) is 2. The SMILES string of the molecule is O=c1cc(NCCN2CCSCC2)nc(C2CC2)[nH]1. The maximum absolute atomic E-state index is 11.6. The zero-order valence-corrected chi connectivity index (χ0v) is 11.8. The Labute approximate surface area is 117 Å². The van der Waals surface area contributed by atoms with Gasteiger partial charge in [-0.15, -0.1) is 0 Å². The number of H-pyrrole nitrogens is 1. The topological polar surface area (TPSA) is 61.0 Å². The Morgan fingerprint density at radius 1 is 1.42 bits per heavy atom. The molecule has 104 valence electrons. The predicted molar refractivity (Wildman–Crippen MR) is 79.1 cm³/mol. The van der Waals surface area contributed by atoms with E-state index < -0.39 is 0 Å². The molecule has 1 saturated carbocycles. The largest absolute Gasteiger partial charge is 0.369 e. The number of nitrogens with zero attached hydrogens (tertiary/aromatic N) is 2. The second-order valence-corrected chi connectivity index (χ2v) is 6.40. The van der Waals surface area contributed by atoms with Gasteiger partial charge in [0.05, 0.1) is 0 Å². The van der Waals surface area contributed by atoms with E-state index in [4.69, 9.17) is 0 Å². The van der Waals surface area contributed by atoms with Crippen LogP contribution < -0.4 is 10.9 Å². The summed E-state index contributed by atoms with van der Waals surface area (Å²) in [6, 6.07) is 1.55. The van der Waals surface area contributed by atoms with Crippen LogP contribution in [0.15, 0.2) is 10.9 Å². The maximum atomic E-state index is 11.6. The summed E-state index contributed by atoms with van der Waals surface area (Å²) in [6.45, 7) is 4.21. The Kier molecular flexibility index (Phi) is 4.08. The van der Waals surface area contributed by atoms with Crippen LogP contribution in [0.5, 0.6) is 0 Å². The number of anilines is 1. The third kappa shape index (κ3) is 3.73. The van der Waals surface area contributed by atoms with Crippen molar-refractivity contribution in [1.29, 1.82) is 0 Å². The number of thioether (sulfide) groups is 1. The minimum absolute atomic E-state index is 0.0474. The number of aromatic nitrogens is 2. The molecule has 2 fully saturated rings. The summed E-state index contributed by atoms with van der Waals surface area (Å²) in [4.78, 5) is 21.3. The van der Waals surface area contributed by atoms with Gasteiger partial charge in [0.25, 0.3) is 5.56 Å². The van der Waals surface area contributed by atoms with Gasteiger partial charge in [0.2, 0.25) is 0 Å².